The van der Waals surface area contributed by atoms with Crippen LogP contribution in [0.4, 0.5) is 5.82 Å². The zero-order valence-electron chi connectivity index (χ0n) is 8.94. The second-order valence-corrected chi connectivity index (χ2v) is 4.92. The van der Waals surface area contributed by atoms with E-state index in [0.717, 1.165) is 31.5 Å². The summed E-state index contributed by atoms with van der Waals surface area (Å²) in [6, 6.07) is 3.94. The summed E-state index contributed by atoms with van der Waals surface area (Å²) < 4.78 is 0.918. The molecule has 2 aromatic rings. The molecule has 1 aromatic carbocycles. The fourth-order valence-corrected chi connectivity index (χ4v) is 2.49. The number of benzene rings is 1. The quantitative estimate of drug-likeness (QED) is 0.625. The van der Waals surface area contributed by atoms with Crippen molar-refractivity contribution < 1.29 is 0 Å². The number of hydrazine groups is 1. The Kier molecular flexibility index (Phi) is 3.06. The Balaban J connectivity index is 2.90. The van der Waals surface area contributed by atoms with Gasteiger partial charge in [-0.3, -0.25) is 0 Å². The minimum atomic E-state index is 0.660. The first-order valence-corrected chi connectivity index (χ1v) is 5.94. The number of nitrogens with one attached hydrogen (secondary N) is 1. The highest BCUT2D eigenvalue weighted by molar-refractivity contribution is 9.10. The molecule has 5 heteroatoms. The summed E-state index contributed by atoms with van der Waals surface area (Å²) in [5, 5.41) is 1.67. The van der Waals surface area contributed by atoms with Crippen LogP contribution in [0, 0.1) is 13.8 Å². The lowest BCUT2D eigenvalue weighted by Crippen LogP contribution is -2.10. The predicted molar refractivity (Wildman–Crippen MR) is 71.7 cm³/mol. The molecule has 84 valence electrons. The highest BCUT2D eigenvalue weighted by atomic mass is 79.9. The van der Waals surface area contributed by atoms with Crippen LogP contribution in [0.2, 0.25) is 5.02 Å². The lowest BCUT2D eigenvalue weighted by Gasteiger charge is -2.10. The average Bonchev–Trinajstić information content (AvgIpc) is 2.25. The van der Waals surface area contributed by atoms with Gasteiger partial charge in [0, 0.05) is 9.86 Å². The van der Waals surface area contributed by atoms with Gasteiger partial charge < -0.3 is 5.43 Å². The second kappa shape index (κ2) is 4.20. The normalized spacial score (nSPS) is 10.8. The minimum Gasteiger partial charge on any atom is -0.308 e. The SMILES string of the molecule is Cc1cc2c(Cl)c(C)cc(Br)c2nc1NN. The number of aryl methyl sites for hydroxylation is 2. The molecule has 0 saturated carbocycles. The first-order chi connectivity index (χ1) is 7.54. The number of nitrogens with zero attached hydrogens (tertiary/aromatic N) is 1. The molecule has 0 radical (unpaired) electrons. The molecule has 3 nitrogen and oxygen atoms in total. The number of hydrogen-bond donors (Lipinski definition) is 2. The number of halogens is 2. The van der Waals surface area contributed by atoms with Gasteiger partial charge in [0.2, 0.25) is 0 Å². The van der Waals surface area contributed by atoms with Gasteiger partial charge in [0.1, 0.15) is 5.82 Å². The Morgan fingerprint density at radius 2 is 2.00 bits per heavy atom. The Labute approximate surface area is 107 Å². The van der Waals surface area contributed by atoms with Gasteiger partial charge in [-0.25, -0.2) is 10.8 Å². The fourth-order valence-electron chi connectivity index (χ4n) is 1.64. The highest BCUT2D eigenvalue weighted by Crippen LogP contribution is 2.33. The van der Waals surface area contributed by atoms with Crippen LogP contribution in [0.3, 0.4) is 0 Å². The van der Waals surface area contributed by atoms with Gasteiger partial charge in [-0.2, -0.15) is 0 Å². The fraction of sp³-hybridized carbons (Fsp3) is 0.182. The number of nitrogens with two attached hydrogens (primary N) is 1. The van der Waals surface area contributed by atoms with Crippen molar-refractivity contribution >= 4 is 44.3 Å². The van der Waals surface area contributed by atoms with E-state index in [4.69, 9.17) is 17.4 Å². The Bertz CT molecular complexity index is 569. The molecular weight excluding hydrogens is 289 g/mol. The first-order valence-electron chi connectivity index (χ1n) is 4.77. The van der Waals surface area contributed by atoms with Crippen molar-refractivity contribution in [2.24, 2.45) is 5.84 Å². The number of rotatable bonds is 1. The molecule has 0 bridgehead atoms. The van der Waals surface area contributed by atoms with Crippen LogP contribution in [0.15, 0.2) is 16.6 Å². The van der Waals surface area contributed by atoms with Crippen LogP contribution in [-0.4, -0.2) is 4.98 Å². The number of hydrogen-bond acceptors (Lipinski definition) is 3. The van der Waals surface area contributed by atoms with E-state index in [1.165, 1.54) is 0 Å². The molecule has 1 heterocycles. The molecule has 0 aliphatic heterocycles. The Morgan fingerprint density at radius 3 is 2.62 bits per heavy atom. The van der Waals surface area contributed by atoms with Crippen molar-refractivity contribution in [2.45, 2.75) is 13.8 Å². The molecule has 1 aromatic heterocycles. The number of aromatic nitrogens is 1. The molecule has 0 aliphatic carbocycles. The molecule has 0 atom stereocenters. The van der Waals surface area contributed by atoms with Gasteiger partial charge in [-0.05, 0) is 53.0 Å². The van der Waals surface area contributed by atoms with Crippen molar-refractivity contribution in [1.82, 2.24) is 4.98 Å². The molecule has 0 fully saturated rings. The summed E-state index contributed by atoms with van der Waals surface area (Å²) in [6.45, 7) is 3.91. The highest BCUT2D eigenvalue weighted by Gasteiger charge is 2.10. The topological polar surface area (TPSA) is 50.9 Å². The predicted octanol–water partition coefficient (Wildman–Crippen LogP) is 3.55. The maximum Gasteiger partial charge on any atom is 0.143 e. The summed E-state index contributed by atoms with van der Waals surface area (Å²) in [5.74, 6) is 6.06. The smallest absolute Gasteiger partial charge is 0.143 e. The van der Waals surface area contributed by atoms with E-state index in [9.17, 15) is 0 Å². The van der Waals surface area contributed by atoms with E-state index in [1.807, 2.05) is 26.0 Å². The zero-order valence-corrected chi connectivity index (χ0v) is 11.3. The van der Waals surface area contributed by atoms with E-state index in [0.29, 0.717) is 5.82 Å². The lowest BCUT2D eigenvalue weighted by molar-refractivity contribution is 1.22. The van der Waals surface area contributed by atoms with E-state index in [1.54, 1.807) is 0 Å². The van der Waals surface area contributed by atoms with Crippen LogP contribution in [0.25, 0.3) is 10.9 Å². The molecule has 0 spiro atoms. The van der Waals surface area contributed by atoms with Crippen molar-refractivity contribution in [3.63, 3.8) is 0 Å². The lowest BCUT2D eigenvalue weighted by atomic mass is 10.1. The minimum absolute atomic E-state index is 0.660. The largest absolute Gasteiger partial charge is 0.308 e. The van der Waals surface area contributed by atoms with Crippen molar-refractivity contribution in [3.05, 3.63) is 32.8 Å². The van der Waals surface area contributed by atoms with Crippen LogP contribution in [0.1, 0.15) is 11.1 Å². The molecule has 0 amide bonds. The van der Waals surface area contributed by atoms with Crippen LogP contribution in [-0.2, 0) is 0 Å². The molecule has 3 N–H and O–H groups in total. The maximum absolute atomic E-state index is 6.25. The van der Waals surface area contributed by atoms with Crippen molar-refractivity contribution in [2.75, 3.05) is 5.43 Å². The first kappa shape index (κ1) is 11.6. The Morgan fingerprint density at radius 1 is 1.31 bits per heavy atom. The summed E-state index contributed by atoms with van der Waals surface area (Å²) in [7, 11) is 0. The molecule has 0 unspecified atom stereocenters. The van der Waals surface area contributed by atoms with Crippen molar-refractivity contribution in [3.8, 4) is 0 Å². The molecular formula is C11H11BrClN3. The standard InChI is InChI=1S/C11H11BrClN3/c1-5-4-8(12)10-7(9(5)13)3-6(2)11(15-10)16-14/h3-4H,14H2,1-2H3,(H,15,16). The number of nitrogen functional groups attached to an aromatic ring is 1. The third kappa shape index (κ3) is 1.77. The van der Waals surface area contributed by atoms with Crippen LogP contribution in [0.5, 0.6) is 0 Å². The van der Waals surface area contributed by atoms with Gasteiger partial charge in [0.05, 0.1) is 10.5 Å². The van der Waals surface area contributed by atoms with Gasteiger partial charge >= 0.3 is 0 Å². The summed E-state index contributed by atoms with van der Waals surface area (Å²) in [6.07, 6.45) is 0. The third-order valence-electron chi connectivity index (χ3n) is 2.50. The average molecular weight is 301 g/mol. The summed E-state index contributed by atoms with van der Waals surface area (Å²) >= 11 is 9.73. The van der Waals surface area contributed by atoms with Crippen LogP contribution < -0.4 is 11.3 Å². The molecule has 0 saturated heterocycles. The maximum atomic E-state index is 6.25. The second-order valence-electron chi connectivity index (χ2n) is 3.68. The molecule has 2 rings (SSSR count). The van der Waals surface area contributed by atoms with E-state index in [2.05, 4.69) is 26.3 Å². The molecule has 0 aliphatic rings. The number of pyridine rings is 1. The van der Waals surface area contributed by atoms with Gasteiger partial charge in [-0.1, -0.05) is 11.6 Å². The monoisotopic (exact) mass is 299 g/mol. The number of fused-ring (bicyclic) bond motifs is 1. The molecule has 16 heavy (non-hydrogen) atoms. The summed E-state index contributed by atoms with van der Waals surface area (Å²) in [5.41, 5.74) is 5.38. The van der Waals surface area contributed by atoms with E-state index in [-0.39, 0.29) is 0 Å². The van der Waals surface area contributed by atoms with E-state index < -0.39 is 0 Å². The zero-order chi connectivity index (χ0) is 11.9. The van der Waals surface area contributed by atoms with Gasteiger partial charge in [-0.15, -0.1) is 0 Å². The number of anilines is 1. The third-order valence-corrected chi connectivity index (χ3v) is 3.61. The van der Waals surface area contributed by atoms with Gasteiger partial charge in [0.25, 0.3) is 0 Å². The Hall–Kier alpha value is -0.840. The summed E-state index contributed by atoms with van der Waals surface area (Å²) in [4.78, 5) is 4.43. The van der Waals surface area contributed by atoms with Gasteiger partial charge in [0.15, 0.2) is 0 Å². The van der Waals surface area contributed by atoms with Crippen LogP contribution >= 0.6 is 27.5 Å². The van der Waals surface area contributed by atoms with Crippen molar-refractivity contribution in [1.29, 1.82) is 0 Å². The van der Waals surface area contributed by atoms with E-state index >= 15 is 0 Å².